The minimum absolute atomic E-state index is 0.304. The molecule has 13 heavy (non-hydrogen) atoms. The lowest BCUT2D eigenvalue weighted by Gasteiger charge is -2.03. The van der Waals surface area contributed by atoms with E-state index in [-0.39, 0.29) is 0 Å². The highest BCUT2D eigenvalue weighted by molar-refractivity contribution is 6.62. The van der Waals surface area contributed by atoms with E-state index in [1.165, 1.54) is 0 Å². The molecule has 1 aromatic rings. The molecular weight excluding hydrogens is 232 g/mol. The molecule has 70 valence electrons. The van der Waals surface area contributed by atoms with Gasteiger partial charge in [-0.2, -0.15) is 0 Å². The Hall–Kier alpha value is -0.440. The normalized spacial score (nSPS) is 9.77. The Labute approximate surface area is 90.8 Å². The SMILES string of the molecule is O=C(Cl)NCc1ccc(Cl)cc1Cl. The molecule has 0 aliphatic carbocycles. The van der Waals surface area contributed by atoms with Gasteiger partial charge in [0.25, 0.3) is 0 Å². The van der Waals surface area contributed by atoms with Gasteiger partial charge >= 0.3 is 5.37 Å². The van der Waals surface area contributed by atoms with Crippen molar-refractivity contribution in [2.75, 3.05) is 0 Å². The second-order valence-electron chi connectivity index (χ2n) is 2.36. The van der Waals surface area contributed by atoms with Crippen LogP contribution in [0.2, 0.25) is 10.0 Å². The molecule has 1 amide bonds. The molecule has 0 aromatic heterocycles. The van der Waals surface area contributed by atoms with Gasteiger partial charge in [-0.05, 0) is 29.3 Å². The highest BCUT2D eigenvalue weighted by atomic mass is 35.5. The molecule has 2 nitrogen and oxygen atoms in total. The summed E-state index contributed by atoms with van der Waals surface area (Å²) in [6, 6.07) is 5.04. The van der Waals surface area contributed by atoms with Crippen molar-refractivity contribution in [3.05, 3.63) is 33.8 Å². The van der Waals surface area contributed by atoms with Crippen LogP contribution in [-0.4, -0.2) is 5.37 Å². The fraction of sp³-hybridized carbons (Fsp3) is 0.125. The third-order valence-corrected chi connectivity index (χ3v) is 2.15. The van der Waals surface area contributed by atoms with Crippen molar-refractivity contribution in [3.8, 4) is 0 Å². The Morgan fingerprint density at radius 2 is 2.08 bits per heavy atom. The second-order valence-corrected chi connectivity index (χ2v) is 3.55. The monoisotopic (exact) mass is 237 g/mol. The van der Waals surface area contributed by atoms with Crippen LogP contribution < -0.4 is 5.32 Å². The minimum Gasteiger partial charge on any atom is -0.338 e. The maximum atomic E-state index is 10.4. The minimum atomic E-state index is -0.606. The average molecular weight is 239 g/mol. The maximum Gasteiger partial charge on any atom is 0.314 e. The van der Waals surface area contributed by atoms with Gasteiger partial charge in [-0.15, -0.1) is 0 Å². The van der Waals surface area contributed by atoms with Crippen molar-refractivity contribution in [3.63, 3.8) is 0 Å². The topological polar surface area (TPSA) is 29.1 Å². The number of benzene rings is 1. The van der Waals surface area contributed by atoms with Gasteiger partial charge in [0, 0.05) is 16.6 Å². The van der Waals surface area contributed by atoms with Gasteiger partial charge in [0.05, 0.1) is 0 Å². The van der Waals surface area contributed by atoms with Gasteiger partial charge in [0.1, 0.15) is 0 Å². The quantitative estimate of drug-likeness (QED) is 0.621. The first-order valence-corrected chi connectivity index (χ1v) is 4.60. The summed E-state index contributed by atoms with van der Waals surface area (Å²) in [4.78, 5) is 10.4. The Morgan fingerprint density at radius 1 is 1.38 bits per heavy atom. The van der Waals surface area contributed by atoms with Gasteiger partial charge in [0.2, 0.25) is 0 Å². The van der Waals surface area contributed by atoms with E-state index in [1.807, 2.05) is 0 Å². The summed E-state index contributed by atoms with van der Waals surface area (Å²) in [5.41, 5.74) is 0.778. The van der Waals surface area contributed by atoms with E-state index in [0.29, 0.717) is 16.6 Å². The molecule has 0 aliphatic rings. The van der Waals surface area contributed by atoms with Gasteiger partial charge in [-0.3, -0.25) is 4.79 Å². The smallest absolute Gasteiger partial charge is 0.314 e. The Morgan fingerprint density at radius 3 is 2.62 bits per heavy atom. The lowest BCUT2D eigenvalue weighted by atomic mass is 10.2. The van der Waals surface area contributed by atoms with Gasteiger partial charge in [0.15, 0.2) is 0 Å². The average Bonchev–Trinajstić information content (AvgIpc) is 2.02. The summed E-state index contributed by atoms with van der Waals surface area (Å²) >= 11 is 16.6. The maximum absolute atomic E-state index is 10.4. The predicted molar refractivity (Wildman–Crippen MR) is 54.6 cm³/mol. The number of amides is 1. The van der Waals surface area contributed by atoms with Crippen molar-refractivity contribution in [2.24, 2.45) is 0 Å². The summed E-state index contributed by atoms with van der Waals surface area (Å²) in [6.07, 6.45) is 0. The highest BCUT2D eigenvalue weighted by Gasteiger charge is 2.01. The Kier molecular flexibility index (Phi) is 3.85. The first-order chi connectivity index (χ1) is 6.09. The Balaban J connectivity index is 2.72. The lowest BCUT2D eigenvalue weighted by Crippen LogP contribution is -2.15. The summed E-state index contributed by atoms with van der Waals surface area (Å²) in [7, 11) is 0. The molecule has 0 atom stereocenters. The number of hydrogen-bond donors (Lipinski definition) is 1. The second kappa shape index (κ2) is 4.70. The molecule has 0 saturated carbocycles. The van der Waals surface area contributed by atoms with Crippen LogP contribution in [-0.2, 0) is 6.54 Å². The molecular formula is C8H6Cl3NO. The van der Waals surface area contributed by atoms with E-state index in [9.17, 15) is 4.79 Å². The van der Waals surface area contributed by atoms with Crippen molar-refractivity contribution >= 4 is 40.2 Å². The molecule has 1 aromatic carbocycles. The molecule has 0 fully saturated rings. The third kappa shape index (κ3) is 3.43. The van der Waals surface area contributed by atoms with E-state index in [0.717, 1.165) is 5.56 Å². The number of nitrogens with one attached hydrogen (secondary N) is 1. The van der Waals surface area contributed by atoms with Gasteiger partial charge in [-0.1, -0.05) is 29.3 Å². The number of hydrogen-bond acceptors (Lipinski definition) is 1. The predicted octanol–water partition coefficient (Wildman–Crippen LogP) is 3.44. The van der Waals surface area contributed by atoms with E-state index in [4.69, 9.17) is 34.8 Å². The molecule has 0 unspecified atom stereocenters. The van der Waals surface area contributed by atoms with Crippen LogP contribution in [0.5, 0.6) is 0 Å². The summed E-state index contributed by atoms with van der Waals surface area (Å²) < 4.78 is 0. The van der Waals surface area contributed by atoms with Crippen molar-refractivity contribution in [1.29, 1.82) is 0 Å². The van der Waals surface area contributed by atoms with Crippen molar-refractivity contribution in [1.82, 2.24) is 5.32 Å². The molecule has 0 radical (unpaired) electrons. The zero-order valence-corrected chi connectivity index (χ0v) is 8.75. The summed E-state index contributed by atoms with van der Waals surface area (Å²) in [5.74, 6) is 0. The van der Waals surface area contributed by atoms with Crippen LogP contribution in [0.1, 0.15) is 5.56 Å². The zero-order valence-electron chi connectivity index (χ0n) is 6.48. The molecule has 5 heteroatoms. The van der Waals surface area contributed by atoms with E-state index in [1.54, 1.807) is 18.2 Å². The summed E-state index contributed by atoms with van der Waals surface area (Å²) in [6.45, 7) is 0.304. The first kappa shape index (κ1) is 10.6. The fourth-order valence-corrected chi connectivity index (χ4v) is 1.37. The lowest BCUT2D eigenvalue weighted by molar-refractivity contribution is 0.259. The van der Waals surface area contributed by atoms with Gasteiger partial charge in [-0.25, -0.2) is 0 Å². The third-order valence-electron chi connectivity index (χ3n) is 1.43. The number of rotatable bonds is 2. The van der Waals surface area contributed by atoms with E-state index in [2.05, 4.69) is 5.32 Å². The zero-order chi connectivity index (χ0) is 9.84. The van der Waals surface area contributed by atoms with Crippen LogP contribution >= 0.6 is 34.8 Å². The van der Waals surface area contributed by atoms with Crippen LogP contribution in [0.4, 0.5) is 4.79 Å². The highest BCUT2D eigenvalue weighted by Crippen LogP contribution is 2.20. The van der Waals surface area contributed by atoms with E-state index < -0.39 is 5.37 Å². The molecule has 0 heterocycles. The largest absolute Gasteiger partial charge is 0.338 e. The number of carbonyl (C=O) groups excluding carboxylic acids is 1. The molecule has 0 spiro atoms. The van der Waals surface area contributed by atoms with Gasteiger partial charge < -0.3 is 5.32 Å². The molecule has 1 N–H and O–H groups in total. The first-order valence-electron chi connectivity index (χ1n) is 3.47. The molecule has 0 saturated heterocycles. The van der Waals surface area contributed by atoms with E-state index >= 15 is 0 Å². The van der Waals surface area contributed by atoms with Crippen LogP contribution in [0.25, 0.3) is 0 Å². The van der Waals surface area contributed by atoms with Crippen LogP contribution in [0.3, 0.4) is 0 Å². The molecule has 0 bridgehead atoms. The molecule has 0 aliphatic heterocycles. The molecule has 1 rings (SSSR count). The van der Waals surface area contributed by atoms with Crippen LogP contribution in [0.15, 0.2) is 18.2 Å². The number of halogens is 3. The fourth-order valence-electron chi connectivity index (χ4n) is 0.830. The summed E-state index contributed by atoms with van der Waals surface area (Å²) in [5, 5.41) is 2.89. The standard InChI is InChI=1S/C8H6Cl3NO/c9-6-2-1-5(7(10)3-6)4-12-8(11)13/h1-3H,4H2,(H,12,13). The van der Waals surface area contributed by atoms with Crippen molar-refractivity contribution < 1.29 is 4.79 Å². The van der Waals surface area contributed by atoms with Crippen molar-refractivity contribution in [2.45, 2.75) is 6.54 Å². The van der Waals surface area contributed by atoms with Crippen LogP contribution in [0, 0.1) is 0 Å². The number of carbonyl (C=O) groups is 1. The Bertz CT molecular complexity index is 327.